The molecule has 0 saturated heterocycles. The van der Waals surface area contributed by atoms with Crippen LogP contribution in [-0.2, 0) is 14.3 Å². The fraction of sp³-hybridized carbons (Fsp3) is 0.562. The lowest BCUT2D eigenvalue weighted by molar-refractivity contribution is -0.134. The second-order valence-corrected chi connectivity index (χ2v) is 4.60. The SMILES string of the molecule is C#CCCCCC#CC1(O)CC(OC)=C(OC)CC1=O. The quantitative estimate of drug-likeness (QED) is 0.614. The van der Waals surface area contributed by atoms with Crippen molar-refractivity contribution >= 4 is 5.78 Å². The highest BCUT2D eigenvalue weighted by molar-refractivity contribution is 5.93. The molecule has 4 nitrogen and oxygen atoms in total. The largest absolute Gasteiger partial charge is 0.497 e. The zero-order valence-corrected chi connectivity index (χ0v) is 12.0. The number of aliphatic hydroxyl groups is 1. The number of unbranched alkanes of at least 4 members (excludes halogenated alkanes) is 3. The van der Waals surface area contributed by atoms with Gasteiger partial charge in [0.25, 0.3) is 0 Å². The Morgan fingerprint density at radius 1 is 1.25 bits per heavy atom. The van der Waals surface area contributed by atoms with Gasteiger partial charge in [-0.2, -0.15) is 0 Å². The first-order valence-corrected chi connectivity index (χ1v) is 6.56. The van der Waals surface area contributed by atoms with Gasteiger partial charge in [0.15, 0.2) is 11.4 Å². The molecule has 0 heterocycles. The molecule has 1 aliphatic carbocycles. The molecular formula is C16H20O4. The highest BCUT2D eigenvalue weighted by Gasteiger charge is 2.41. The van der Waals surface area contributed by atoms with Gasteiger partial charge in [0.05, 0.1) is 27.1 Å². The van der Waals surface area contributed by atoms with Crippen LogP contribution in [0, 0.1) is 24.2 Å². The number of carbonyl (C=O) groups is 1. The van der Waals surface area contributed by atoms with Crippen molar-refractivity contribution < 1.29 is 19.4 Å². The van der Waals surface area contributed by atoms with Crippen LogP contribution in [0.15, 0.2) is 11.5 Å². The Balaban J connectivity index is 2.69. The van der Waals surface area contributed by atoms with E-state index in [0.29, 0.717) is 17.9 Å². The van der Waals surface area contributed by atoms with Gasteiger partial charge >= 0.3 is 0 Å². The van der Waals surface area contributed by atoms with E-state index in [9.17, 15) is 9.90 Å². The average molecular weight is 276 g/mol. The van der Waals surface area contributed by atoms with Gasteiger partial charge in [-0.1, -0.05) is 11.8 Å². The molecular weight excluding hydrogens is 256 g/mol. The van der Waals surface area contributed by atoms with E-state index in [1.54, 1.807) is 0 Å². The highest BCUT2D eigenvalue weighted by Crippen LogP contribution is 2.30. The molecule has 0 spiro atoms. The monoisotopic (exact) mass is 276 g/mol. The minimum Gasteiger partial charge on any atom is -0.497 e. The normalized spacial score (nSPS) is 21.8. The Morgan fingerprint density at radius 2 is 1.90 bits per heavy atom. The van der Waals surface area contributed by atoms with E-state index in [1.165, 1.54) is 14.2 Å². The summed E-state index contributed by atoms with van der Waals surface area (Å²) in [5.74, 6) is 8.65. The third-order valence-electron chi connectivity index (χ3n) is 3.17. The summed E-state index contributed by atoms with van der Waals surface area (Å²) in [4.78, 5) is 12.0. The molecule has 0 bridgehead atoms. The summed E-state index contributed by atoms with van der Waals surface area (Å²) in [6, 6.07) is 0. The maximum Gasteiger partial charge on any atom is 0.191 e. The third kappa shape index (κ3) is 4.05. The molecule has 0 radical (unpaired) electrons. The van der Waals surface area contributed by atoms with E-state index in [-0.39, 0.29) is 18.6 Å². The zero-order chi connectivity index (χ0) is 15.0. The Hall–Kier alpha value is -1.91. The summed E-state index contributed by atoms with van der Waals surface area (Å²) in [5.41, 5.74) is -1.67. The molecule has 0 aliphatic heterocycles. The predicted octanol–water partition coefficient (Wildman–Crippen LogP) is 1.78. The van der Waals surface area contributed by atoms with Gasteiger partial charge in [-0.3, -0.25) is 4.79 Å². The smallest absolute Gasteiger partial charge is 0.191 e. The first-order valence-electron chi connectivity index (χ1n) is 6.56. The van der Waals surface area contributed by atoms with E-state index >= 15 is 0 Å². The van der Waals surface area contributed by atoms with Gasteiger partial charge in [-0.15, -0.1) is 12.3 Å². The number of hydrogen-bond donors (Lipinski definition) is 1. The van der Waals surface area contributed by atoms with Crippen LogP contribution in [0.1, 0.15) is 38.5 Å². The van der Waals surface area contributed by atoms with Crippen molar-refractivity contribution in [3.63, 3.8) is 0 Å². The second-order valence-electron chi connectivity index (χ2n) is 4.60. The fourth-order valence-corrected chi connectivity index (χ4v) is 1.96. The molecule has 1 unspecified atom stereocenters. The predicted molar refractivity (Wildman–Crippen MR) is 75.3 cm³/mol. The lowest BCUT2D eigenvalue weighted by atomic mass is 9.86. The van der Waals surface area contributed by atoms with Gasteiger partial charge in [-0.25, -0.2) is 0 Å². The molecule has 4 heteroatoms. The standard InChI is InChI=1S/C16H20O4/c1-4-5-6-7-8-9-10-16(18)12-14(20-3)13(19-2)11-15(16)17/h1,18H,5-8,11-12H2,2-3H3. The van der Waals surface area contributed by atoms with E-state index in [1.807, 2.05) is 0 Å². The summed E-state index contributed by atoms with van der Waals surface area (Å²) >= 11 is 0. The van der Waals surface area contributed by atoms with Gasteiger partial charge in [-0.05, 0) is 12.8 Å². The number of ether oxygens (including phenoxy) is 2. The van der Waals surface area contributed by atoms with Gasteiger partial charge in [0.2, 0.25) is 0 Å². The van der Waals surface area contributed by atoms with Gasteiger partial charge < -0.3 is 14.6 Å². The summed E-state index contributed by atoms with van der Waals surface area (Å²) in [7, 11) is 2.96. The summed E-state index contributed by atoms with van der Waals surface area (Å²) in [5, 5.41) is 10.3. The van der Waals surface area contributed by atoms with Crippen LogP contribution in [0.25, 0.3) is 0 Å². The van der Waals surface area contributed by atoms with E-state index in [4.69, 9.17) is 15.9 Å². The average Bonchev–Trinajstić information content (AvgIpc) is 2.45. The van der Waals surface area contributed by atoms with Crippen LogP contribution in [0.2, 0.25) is 0 Å². The van der Waals surface area contributed by atoms with Crippen molar-refractivity contribution in [2.24, 2.45) is 0 Å². The van der Waals surface area contributed by atoms with Gasteiger partial charge in [0.1, 0.15) is 11.5 Å². The fourth-order valence-electron chi connectivity index (χ4n) is 1.96. The number of hydrogen-bond acceptors (Lipinski definition) is 4. The molecule has 1 rings (SSSR count). The number of Topliss-reactive ketones (excluding diaryl/α,β-unsaturated/α-hetero) is 1. The molecule has 0 aromatic rings. The van der Waals surface area contributed by atoms with Crippen molar-refractivity contribution in [2.45, 2.75) is 44.1 Å². The summed E-state index contributed by atoms with van der Waals surface area (Å²) < 4.78 is 10.2. The molecule has 1 aliphatic rings. The summed E-state index contributed by atoms with van der Waals surface area (Å²) in [6.45, 7) is 0. The minimum absolute atomic E-state index is 0.00193. The number of terminal acetylenes is 1. The molecule has 0 aromatic heterocycles. The molecule has 0 aromatic carbocycles. The number of ketones is 1. The molecule has 20 heavy (non-hydrogen) atoms. The molecule has 1 atom stereocenters. The van der Waals surface area contributed by atoms with Crippen LogP contribution in [-0.4, -0.2) is 30.7 Å². The molecule has 108 valence electrons. The maximum absolute atomic E-state index is 12.0. The number of allylic oxidation sites excluding steroid dienone is 1. The Bertz CT molecular complexity index is 487. The maximum atomic E-state index is 12.0. The Kier molecular flexibility index (Phi) is 6.15. The van der Waals surface area contributed by atoms with Crippen LogP contribution < -0.4 is 0 Å². The number of methoxy groups -OCH3 is 2. The second kappa shape index (κ2) is 7.62. The van der Waals surface area contributed by atoms with Crippen molar-refractivity contribution in [3.8, 4) is 24.2 Å². The highest BCUT2D eigenvalue weighted by atomic mass is 16.5. The Labute approximate surface area is 120 Å². The lowest BCUT2D eigenvalue weighted by Crippen LogP contribution is -2.41. The van der Waals surface area contributed by atoms with Crippen molar-refractivity contribution in [3.05, 3.63) is 11.5 Å². The number of rotatable bonds is 5. The molecule has 0 amide bonds. The van der Waals surface area contributed by atoms with Gasteiger partial charge in [0, 0.05) is 12.8 Å². The van der Waals surface area contributed by atoms with Crippen molar-refractivity contribution in [2.75, 3.05) is 14.2 Å². The summed E-state index contributed by atoms with van der Waals surface area (Å²) in [6.07, 6.45) is 8.28. The minimum atomic E-state index is -1.67. The third-order valence-corrected chi connectivity index (χ3v) is 3.17. The number of carbonyl (C=O) groups excluding carboxylic acids is 1. The van der Waals surface area contributed by atoms with E-state index < -0.39 is 5.60 Å². The van der Waals surface area contributed by atoms with Crippen molar-refractivity contribution in [1.82, 2.24) is 0 Å². The first-order chi connectivity index (χ1) is 9.57. The van der Waals surface area contributed by atoms with Crippen LogP contribution in [0.4, 0.5) is 0 Å². The molecule has 0 fully saturated rings. The van der Waals surface area contributed by atoms with Crippen molar-refractivity contribution in [1.29, 1.82) is 0 Å². The van der Waals surface area contributed by atoms with Crippen LogP contribution in [0.5, 0.6) is 0 Å². The first kappa shape index (κ1) is 16.1. The zero-order valence-electron chi connectivity index (χ0n) is 12.0. The van der Waals surface area contributed by atoms with Crippen LogP contribution in [0.3, 0.4) is 0 Å². The van der Waals surface area contributed by atoms with E-state index in [2.05, 4.69) is 17.8 Å². The topological polar surface area (TPSA) is 55.8 Å². The van der Waals surface area contributed by atoms with E-state index in [0.717, 1.165) is 19.3 Å². The molecule has 1 N–H and O–H groups in total. The molecule has 0 saturated carbocycles. The van der Waals surface area contributed by atoms with Crippen LogP contribution >= 0.6 is 0 Å². The Morgan fingerprint density at radius 3 is 2.50 bits per heavy atom. The lowest BCUT2D eigenvalue weighted by Gasteiger charge is -2.28.